The monoisotopic (exact) mass is 549 g/mol. The van der Waals surface area contributed by atoms with E-state index >= 15 is 0 Å². The first kappa shape index (κ1) is 34.6. The van der Waals surface area contributed by atoms with Crippen LogP contribution in [-0.2, 0) is 14.3 Å². The highest BCUT2D eigenvalue weighted by molar-refractivity contribution is 5.73. The quantitative estimate of drug-likeness (QED) is 0.124. The van der Waals surface area contributed by atoms with Crippen molar-refractivity contribution in [2.75, 3.05) is 0 Å². The van der Waals surface area contributed by atoms with Crippen molar-refractivity contribution < 1.29 is 34.4 Å². The van der Waals surface area contributed by atoms with E-state index in [1.54, 1.807) is 19.1 Å². The molecule has 0 aromatic rings. The van der Waals surface area contributed by atoms with Crippen molar-refractivity contribution in [2.24, 2.45) is 41.2 Å². The molecule has 1 heterocycles. The predicted molar refractivity (Wildman–Crippen MR) is 153 cm³/mol. The molecule has 1 fully saturated rings. The van der Waals surface area contributed by atoms with Crippen LogP contribution in [0.1, 0.15) is 67.2 Å². The number of ether oxygens (including phenoxy) is 2. The average molecular weight is 550 g/mol. The van der Waals surface area contributed by atoms with Gasteiger partial charge in [-0.25, -0.2) is 4.79 Å². The predicted octanol–water partition coefficient (Wildman–Crippen LogP) is 4.69. The van der Waals surface area contributed by atoms with Gasteiger partial charge in [0.1, 0.15) is 12.2 Å². The summed E-state index contributed by atoms with van der Waals surface area (Å²) in [4.78, 5) is 23.3. The van der Waals surface area contributed by atoms with Crippen LogP contribution >= 0.6 is 0 Å². The van der Waals surface area contributed by atoms with Crippen LogP contribution in [0.25, 0.3) is 0 Å². The van der Waals surface area contributed by atoms with Gasteiger partial charge < -0.3 is 30.5 Å². The average Bonchev–Trinajstić information content (AvgIpc) is 2.90. The lowest BCUT2D eigenvalue weighted by molar-refractivity contribution is -0.177. The van der Waals surface area contributed by atoms with Crippen molar-refractivity contribution >= 4 is 12.1 Å². The highest BCUT2D eigenvalue weighted by Crippen LogP contribution is 2.29. The first-order valence-corrected chi connectivity index (χ1v) is 14.1. The van der Waals surface area contributed by atoms with Crippen LogP contribution < -0.4 is 5.73 Å². The molecule has 8 heteroatoms. The minimum atomic E-state index is -0.871. The maximum absolute atomic E-state index is 11.9. The third-order valence-corrected chi connectivity index (χ3v) is 7.93. The lowest BCUT2D eigenvalue weighted by atomic mass is 9.84. The number of carbonyl (C=O) groups is 2. The fraction of sp³-hybridized carbons (Fsp3) is 0.677. The first-order valence-electron chi connectivity index (χ1n) is 14.1. The summed E-state index contributed by atoms with van der Waals surface area (Å²) in [6.07, 6.45) is 11.8. The Balaban J connectivity index is 2.52. The molecule has 8 nitrogen and oxygen atoms in total. The second kappa shape index (κ2) is 17.3. The zero-order valence-corrected chi connectivity index (χ0v) is 24.5. The van der Waals surface area contributed by atoms with Crippen molar-refractivity contribution in [1.29, 1.82) is 0 Å². The number of rotatable bonds is 16. The summed E-state index contributed by atoms with van der Waals surface area (Å²) in [5, 5.41) is 31.7. The smallest absolute Gasteiger partial charge is 0.404 e. The number of nitrogens with two attached hydrogens (primary N) is 1. The van der Waals surface area contributed by atoms with E-state index in [1.165, 1.54) is 0 Å². The Hall–Kier alpha value is -2.42. The molecular weight excluding hydrogens is 498 g/mol. The molecule has 1 aliphatic rings. The van der Waals surface area contributed by atoms with Gasteiger partial charge in [-0.15, -0.1) is 0 Å². The Morgan fingerprint density at radius 1 is 1.05 bits per heavy atom. The van der Waals surface area contributed by atoms with E-state index in [4.69, 9.17) is 15.2 Å². The van der Waals surface area contributed by atoms with Crippen molar-refractivity contribution in [2.45, 2.75) is 97.7 Å². The Kier molecular flexibility index (Phi) is 15.4. The fourth-order valence-electron chi connectivity index (χ4n) is 5.03. The van der Waals surface area contributed by atoms with Gasteiger partial charge in [-0.2, -0.15) is 0 Å². The molecule has 0 spiro atoms. The summed E-state index contributed by atoms with van der Waals surface area (Å²) in [6.45, 7) is 14.9. The van der Waals surface area contributed by atoms with E-state index in [-0.39, 0.29) is 41.7 Å². The lowest BCUT2D eigenvalue weighted by Crippen LogP contribution is -2.46. The molecular formula is C31H51NO7. The third kappa shape index (κ3) is 11.3. The topological polar surface area (TPSA) is 139 Å². The van der Waals surface area contributed by atoms with Crippen LogP contribution in [0.3, 0.4) is 0 Å². The minimum absolute atomic E-state index is 0.0796. The maximum Gasteiger partial charge on any atom is 0.404 e. The van der Waals surface area contributed by atoms with Crippen molar-refractivity contribution in [3.05, 3.63) is 49.1 Å². The largest absolute Gasteiger partial charge is 0.462 e. The van der Waals surface area contributed by atoms with E-state index in [9.17, 15) is 24.9 Å². The fourth-order valence-corrected chi connectivity index (χ4v) is 5.03. The zero-order valence-electron chi connectivity index (χ0n) is 24.5. The number of hydrogen-bond acceptors (Lipinski definition) is 7. The third-order valence-electron chi connectivity index (χ3n) is 7.93. The van der Waals surface area contributed by atoms with Crippen LogP contribution in [0, 0.1) is 35.5 Å². The number of primary amides is 1. The molecule has 5 N–H and O–H groups in total. The van der Waals surface area contributed by atoms with E-state index in [2.05, 4.69) is 6.58 Å². The molecule has 1 amide bonds. The molecule has 39 heavy (non-hydrogen) atoms. The molecule has 0 radical (unpaired) electrons. The summed E-state index contributed by atoms with van der Waals surface area (Å²) < 4.78 is 10.8. The lowest BCUT2D eigenvalue weighted by Gasteiger charge is -2.36. The van der Waals surface area contributed by atoms with E-state index in [1.807, 2.05) is 65.0 Å². The van der Waals surface area contributed by atoms with Gasteiger partial charge in [-0.1, -0.05) is 83.7 Å². The van der Waals surface area contributed by atoms with E-state index < -0.39 is 36.4 Å². The SMILES string of the molecule is C=C/C=C\[C@H](C)[C@H](OC(N)=O)[C@@H](C)[C@H](O)CC/C=C\[C@H](C)[C@@H](O)[C@@H](C)/C=C\CCC1OC(=O)C(C)C(O)C1C. The number of cyclic esters (lactones) is 1. The number of esters is 1. The Morgan fingerprint density at radius 3 is 2.21 bits per heavy atom. The molecule has 0 saturated carbocycles. The summed E-state index contributed by atoms with van der Waals surface area (Å²) in [5.74, 6) is -1.60. The summed E-state index contributed by atoms with van der Waals surface area (Å²) in [5.41, 5.74) is 5.24. The van der Waals surface area contributed by atoms with Gasteiger partial charge in [0.25, 0.3) is 0 Å². The zero-order chi connectivity index (χ0) is 29.7. The first-order chi connectivity index (χ1) is 18.3. The van der Waals surface area contributed by atoms with Crippen LogP contribution in [0.15, 0.2) is 49.1 Å². The Morgan fingerprint density at radius 2 is 1.64 bits per heavy atom. The molecule has 0 aliphatic carbocycles. The molecule has 1 aliphatic heterocycles. The standard InChI is InChI=1S/C31H51NO7/c1-8-9-14-21(4)29(39-31(32)37)22(5)25(33)17-12-10-15-19(2)27(34)20(3)16-11-13-18-26-23(6)28(35)24(7)30(36)38-26/h8-11,14-16,19-29,33-35H,1,12-13,17-18H2,2-7H3,(H2,32,37)/b14-9-,15-10-,16-11-/t19-,20-,21-,22-,23?,24?,25+,26?,27+,28?,29-/m0/s1. The molecule has 1 rings (SSSR count). The highest BCUT2D eigenvalue weighted by Gasteiger charge is 2.39. The molecule has 0 aromatic carbocycles. The van der Waals surface area contributed by atoms with E-state index in [0.717, 1.165) is 0 Å². The molecule has 222 valence electrons. The maximum atomic E-state index is 11.9. The van der Waals surface area contributed by atoms with E-state index in [0.29, 0.717) is 25.7 Å². The summed E-state index contributed by atoms with van der Waals surface area (Å²) in [7, 11) is 0. The van der Waals surface area contributed by atoms with Crippen LogP contribution in [0.2, 0.25) is 0 Å². The summed E-state index contributed by atoms with van der Waals surface area (Å²) in [6, 6.07) is 0. The van der Waals surface area contributed by atoms with Crippen LogP contribution in [0.5, 0.6) is 0 Å². The van der Waals surface area contributed by atoms with Gasteiger partial charge in [0.2, 0.25) is 0 Å². The minimum Gasteiger partial charge on any atom is -0.462 e. The second-order valence-corrected chi connectivity index (χ2v) is 11.1. The van der Waals surface area contributed by atoms with Crippen LogP contribution in [0.4, 0.5) is 4.79 Å². The van der Waals surface area contributed by atoms with Crippen molar-refractivity contribution in [3.8, 4) is 0 Å². The number of amides is 1. The Labute approximate surface area is 234 Å². The number of allylic oxidation sites excluding steroid dienone is 4. The highest BCUT2D eigenvalue weighted by atomic mass is 16.6. The normalized spacial score (nSPS) is 27.6. The molecule has 4 unspecified atom stereocenters. The Bertz CT molecular complexity index is 854. The second-order valence-electron chi connectivity index (χ2n) is 11.1. The molecule has 0 bridgehead atoms. The summed E-state index contributed by atoms with van der Waals surface area (Å²) >= 11 is 0. The molecule has 1 saturated heterocycles. The van der Waals surface area contributed by atoms with Gasteiger partial charge in [-0.3, -0.25) is 4.79 Å². The molecule has 0 aromatic heterocycles. The number of carbonyl (C=O) groups excluding carboxylic acids is 2. The van der Waals surface area contributed by atoms with Crippen molar-refractivity contribution in [1.82, 2.24) is 0 Å². The van der Waals surface area contributed by atoms with Gasteiger partial charge in [0.05, 0.1) is 24.2 Å². The van der Waals surface area contributed by atoms with Gasteiger partial charge in [0.15, 0.2) is 0 Å². The number of hydrogen-bond donors (Lipinski definition) is 4. The van der Waals surface area contributed by atoms with Gasteiger partial charge in [-0.05, 0) is 32.6 Å². The van der Waals surface area contributed by atoms with Gasteiger partial charge >= 0.3 is 12.1 Å². The number of aliphatic hydroxyl groups excluding tert-OH is 3. The van der Waals surface area contributed by atoms with Crippen molar-refractivity contribution in [3.63, 3.8) is 0 Å². The number of aliphatic hydroxyl groups is 3. The molecule has 11 atom stereocenters. The van der Waals surface area contributed by atoms with Gasteiger partial charge in [0, 0.05) is 29.6 Å². The van der Waals surface area contributed by atoms with Crippen LogP contribution in [-0.4, -0.2) is 57.9 Å².